The van der Waals surface area contributed by atoms with Crippen molar-refractivity contribution in [3.05, 3.63) is 47.1 Å². The van der Waals surface area contributed by atoms with Crippen LogP contribution in [0.1, 0.15) is 51.5 Å². The Morgan fingerprint density at radius 3 is 2.71 bits per heavy atom. The molecule has 1 N–H and O–H groups in total. The Morgan fingerprint density at radius 2 is 2.03 bits per heavy atom. The van der Waals surface area contributed by atoms with Crippen molar-refractivity contribution in [1.29, 1.82) is 0 Å². The fourth-order valence-corrected chi connectivity index (χ4v) is 6.73. The Balaban J connectivity index is 1.64. The van der Waals surface area contributed by atoms with E-state index in [9.17, 15) is 18.3 Å². The summed E-state index contributed by atoms with van der Waals surface area (Å²) < 4.78 is 33.9. The van der Waals surface area contributed by atoms with Gasteiger partial charge in [-0.25, -0.2) is 13.4 Å². The van der Waals surface area contributed by atoms with E-state index in [0.29, 0.717) is 10.6 Å². The van der Waals surface area contributed by atoms with Gasteiger partial charge in [0.05, 0.1) is 18.0 Å². The number of Topliss-reactive ketones (excluding diaryl/α,β-unsaturated/α-hetero) is 1. The van der Waals surface area contributed by atoms with E-state index < -0.39 is 16.1 Å². The molecular weight excluding hydrogens is 476 g/mol. The molecule has 0 unspecified atom stereocenters. The SMILES string of the molecule is C[C@H](C(=O)Cc1cnc2c(c1)N(S(=O)(=O)c1cccc(Cl)c1)C[C@H](CO)O2)C1(C)CCCCC1. The molecule has 1 aromatic heterocycles. The Kier molecular flexibility index (Phi) is 7.22. The van der Waals surface area contributed by atoms with Crippen LogP contribution >= 0.6 is 11.6 Å². The molecule has 34 heavy (non-hydrogen) atoms. The summed E-state index contributed by atoms with van der Waals surface area (Å²) in [4.78, 5) is 17.5. The lowest BCUT2D eigenvalue weighted by molar-refractivity contribution is -0.126. The van der Waals surface area contributed by atoms with Crippen molar-refractivity contribution in [2.24, 2.45) is 11.3 Å². The zero-order valence-electron chi connectivity index (χ0n) is 19.5. The predicted octanol–water partition coefficient (Wildman–Crippen LogP) is 4.40. The largest absolute Gasteiger partial charge is 0.468 e. The minimum absolute atomic E-state index is 0.00359. The first-order valence-electron chi connectivity index (χ1n) is 11.7. The lowest BCUT2D eigenvalue weighted by Gasteiger charge is -2.38. The Morgan fingerprint density at radius 1 is 1.29 bits per heavy atom. The number of benzene rings is 1. The number of hydrogen-bond acceptors (Lipinski definition) is 6. The number of carbonyl (C=O) groups is 1. The molecule has 1 aromatic carbocycles. The van der Waals surface area contributed by atoms with Gasteiger partial charge in [0.2, 0.25) is 5.88 Å². The van der Waals surface area contributed by atoms with Gasteiger partial charge >= 0.3 is 0 Å². The monoisotopic (exact) mass is 506 g/mol. The van der Waals surface area contributed by atoms with E-state index in [4.69, 9.17) is 16.3 Å². The van der Waals surface area contributed by atoms with Crippen LogP contribution in [-0.2, 0) is 21.2 Å². The molecule has 184 valence electrons. The molecular formula is C25H31ClN2O5S. The van der Waals surface area contributed by atoms with E-state index in [-0.39, 0.29) is 53.2 Å². The van der Waals surface area contributed by atoms with Crippen LogP contribution in [-0.4, -0.2) is 43.5 Å². The average molecular weight is 507 g/mol. The molecule has 2 aliphatic rings. The maximum Gasteiger partial charge on any atom is 0.264 e. The normalized spacial score (nSPS) is 20.8. The van der Waals surface area contributed by atoms with Crippen molar-refractivity contribution in [3.8, 4) is 5.88 Å². The zero-order valence-corrected chi connectivity index (χ0v) is 21.1. The number of fused-ring (bicyclic) bond motifs is 1. The molecule has 0 radical (unpaired) electrons. The zero-order chi connectivity index (χ0) is 24.5. The molecule has 1 aliphatic carbocycles. The number of pyridine rings is 1. The molecule has 0 amide bonds. The van der Waals surface area contributed by atoms with Crippen molar-refractivity contribution >= 4 is 33.1 Å². The van der Waals surface area contributed by atoms with Gasteiger partial charge in [0.25, 0.3) is 10.0 Å². The van der Waals surface area contributed by atoms with E-state index in [2.05, 4.69) is 11.9 Å². The summed E-state index contributed by atoms with van der Waals surface area (Å²) in [5.41, 5.74) is 0.884. The second-order valence-electron chi connectivity index (χ2n) is 9.66. The number of aliphatic hydroxyl groups excluding tert-OH is 1. The number of anilines is 1. The predicted molar refractivity (Wildman–Crippen MR) is 131 cm³/mol. The van der Waals surface area contributed by atoms with E-state index >= 15 is 0 Å². The molecule has 2 atom stereocenters. The van der Waals surface area contributed by atoms with Crippen molar-refractivity contribution in [1.82, 2.24) is 4.98 Å². The third kappa shape index (κ3) is 4.95. The van der Waals surface area contributed by atoms with Crippen LogP contribution in [0.5, 0.6) is 5.88 Å². The lowest BCUT2D eigenvalue weighted by Crippen LogP contribution is -2.45. The van der Waals surface area contributed by atoms with Gasteiger partial charge in [-0.15, -0.1) is 0 Å². The Hall–Kier alpha value is -2.16. The first kappa shape index (κ1) is 24.9. The minimum atomic E-state index is -4.00. The van der Waals surface area contributed by atoms with E-state index in [1.165, 1.54) is 22.9 Å². The lowest BCUT2D eigenvalue weighted by atomic mass is 9.66. The number of aromatic nitrogens is 1. The van der Waals surface area contributed by atoms with E-state index in [0.717, 1.165) is 25.7 Å². The molecule has 0 spiro atoms. The van der Waals surface area contributed by atoms with E-state index in [1.807, 2.05) is 6.92 Å². The summed E-state index contributed by atoms with van der Waals surface area (Å²) in [5.74, 6) is 0.143. The van der Waals surface area contributed by atoms with Crippen LogP contribution in [0.15, 0.2) is 41.4 Å². The highest BCUT2D eigenvalue weighted by atomic mass is 35.5. The number of sulfonamides is 1. The summed E-state index contributed by atoms with van der Waals surface area (Å²) in [7, 11) is -4.00. The average Bonchev–Trinajstić information content (AvgIpc) is 2.83. The highest BCUT2D eigenvalue weighted by molar-refractivity contribution is 7.92. The molecule has 4 rings (SSSR count). The smallest absolute Gasteiger partial charge is 0.264 e. The second kappa shape index (κ2) is 9.84. The number of nitrogens with zero attached hydrogens (tertiary/aromatic N) is 2. The molecule has 0 saturated heterocycles. The first-order valence-corrected chi connectivity index (χ1v) is 13.5. The summed E-state index contributed by atoms with van der Waals surface area (Å²) in [6, 6.07) is 7.68. The number of rotatable bonds is 7. The summed E-state index contributed by atoms with van der Waals surface area (Å²) in [6.07, 6.45) is 6.57. The van der Waals surface area contributed by atoms with Crippen molar-refractivity contribution < 1.29 is 23.1 Å². The number of aliphatic hydroxyl groups is 1. The Labute approximate surface area is 206 Å². The van der Waals surface area contributed by atoms with Crippen LogP contribution in [0.3, 0.4) is 0 Å². The maximum atomic E-state index is 13.5. The van der Waals surface area contributed by atoms with Gasteiger partial charge in [-0.05, 0) is 48.1 Å². The highest BCUT2D eigenvalue weighted by Crippen LogP contribution is 2.43. The first-order chi connectivity index (χ1) is 16.1. The van der Waals surface area contributed by atoms with Gasteiger partial charge in [-0.2, -0.15) is 0 Å². The minimum Gasteiger partial charge on any atom is -0.468 e. The number of ketones is 1. The van der Waals surface area contributed by atoms with Crippen molar-refractivity contribution in [2.45, 2.75) is 63.4 Å². The number of ether oxygens (including phenoxy) is 1. The highest BCUT2D eigenvalue weighted by Gasteiger charge is 2.38. The van der Waals surface area contributed by atoms with Gasteiger partial charge in [-0.1, -0.05) is 50.8 Å². The summed E-state index contributed by atoms with van der Waals surface area (Å²) in [6.45, 7) is 3.76. The van der Waals surface area contributed by atoms with E-state index in [1.54, 1.807) is 24.4 Å². The van der Waals surface area contributed by atoms with Gasteiger partial charge < -0.3 is 9.84 Å². The summed E-state index contributed by atoms with van der Waals surface area (Å²) >= 11 is 6.04. The van der Waals surface area contributed by atoms with Crippen LogP contribution in [0.2, 0.25) is 5.02 Å². The third-order valence-electron chi connectivity index (χ3n) is 7.30. The number of carbonyl (C=O) groups excluding carboxylic acids is 1. The maximum absolute atomic E-state index is 13.5. The molecule has 2 aromatic rings. The number of halogens is 1. The standard InChI is InChI=1S/C25H31ClN2O5S/c1-17(25(2)9-4-3-5-10-25)23(30)12-18-11-22-24(27-14-18)33-20(16-29)15-28(22)34(31,32)21-8-6-7-19(26)13-21/h6-8,11,13-14,17,20,29H,3-5,9-10,12,15-16H2,1-2H3/t17-,20-/m1/s1. The fourth-order valence-electron chi connectivity index (χ4n) is 4.94. The van der Waals surface area contributed by atoms with Crippen LogP contribution in [0.25, 0.3) is 0 Å². The molecule has 1 aliphatic heterocycles. The third-order valence-corrected chi connectivity index (χ3v) is 9.31. The molecule has 9 heteroatoms. The van der Waals surface area contributed by atoms with Crippen LogP contribution < -0.4 is 9.04 Å². The second-order valence-corrected chi connectivity index (χ2v) is 12.0. The van der Waals surface area contributed by atoms with Crippen molar-refractivity contribution in [3.63, 3.8) is 0 Å². The summed E-state index contributed by atoms with van der Waals surface area (Å²) in [5, 5.41) is 9.96. The fraction of sp³-hybridized carbons (Fsp3) is 0.520. The van der Waals surface area contributed by atoms with Gasteiger partial charge in [0.15, 0.2) is 0 Å². The van der Waals surface area contributed by atoms with Crippen LogP contribution in [0.4, 0.5) is 5.69 Å². The molecule has 1 fully saturated rings. The van der Waals surface area contributed by atoms with Gasteiger partial charge in [-0.3, -0.25) is 9.10 Å². The molecule has 2 heterocycles. The molecule has 7 nitrogen and oxygen atoms in total. The molecule has 1 saturated carbocycles. The van der Waals surface area contributed by atoms with Crippen molar-refractivity contribution in [2.75, 3.05) is 17.5 Å². The quantitative estimate of drug-likeness (QED) is 0.597. The Bertz CT molecular complexity index is 1160. The number of hydrogen-bond donors (Lipinski definition) is 1. The molecule has 0 bridgehead atoms. The van der Waals surface area contributed by atoms with Gasteiger partial charge in [0, 0.05) is 23.6 Å². The van der Waals surface area contributed by atoms with Crippen LogP contribution in [0, 0.1) is 11.3 Å². The topological polar surface area (TPSA) is 96.8 Å². The van der Waals surface area contributed by atoms with Gasteiger partial charge in [0.1, 0.15) is 17.6 Å².